The fraction of sp³-hybridized carbons (Fsp3) is 0.923. The van der Waals surface area contributed by atoms with Crippen LogP contribution in [0.15, 0.2) is 0 Å². The van der Waals surface area contributed by atoms with E-state index in [9.17, 15) is 4.79 Å². The molecule has 1 unspecified atom stereocenters. The van der Waals surface area contributed by atoms with Crippen molar-refractivity contribution in [1.29, 1.82) is 0 Å². The lowest BCUT2D eigenvalue weighted by Crippen LogP contribution is -2.35. The largest absolute Gasteiger partial charge is 0.468 e. The molecule has 0 bridgehead atoms. The number of unbranched alkanes of at least 4 members (excludes halogenated alkanes) is 6. The fourth-order valence-corrected chi connectivity index (χ4v) is 1.66. The Morgan fingerprint density at radius 3 is 2.25 bits per heavy atom. The van der Waals surface area contributed by atoms with Crippen LogP contribution >= 0.6 is 0 Å². The molecule has 1 atom stereocenters. The highest BCUT2D eigenvalue weighted by molar-refractivity contribution is 5.74. The zero-order chi connectivity index (χ0) is 12.2. The van der Waals surface area contributed by atoms with Crippen LogP contribution in [0.25, 0.3) is 0 Å². The van der Waals surface area contributed by atoms with Gasteiger partial charge in [-0.1, -0.05) is 45.4 Å². The summed E-state index contributed by atoms with van der Waals surface area (Å²) in [5.41, 5.74) is 0. The molecule has 0 aliphatic heterocycles. The molecule has 1 N–H and O–H groups in total. The van der Waals surface area contributed by atoms with Gasteiger partial charge in [0.1, 0.15) is 6.04 Å². The first-order valence-electron chi connectivity index (χ1n) is 6.53. The summed E-state index contributed by atoms with van der Waals surface area (Å²) in [5.74, 6) is -0.178. The summed E-state index contributed by atoms with van der Waals surface area (Å²) in [7, 11) is 1.42. The lowest BCUT2D eigenvalue weighted by Gasteiger charge is -2.10. The number of rotatable bonds is 10. The number of carbonyl (C=O) groups is 1. The van der Waals surface area contributed by atoms with Gasteiger partial charge in [0.25, 0.3) is 0 Å². The van der Waals surface area contributed by atoms with E-state index in [0.29, 0.717) is 0 Å². The molecular weight excluding hydrogens is 202 g/mol. The van der Waals surface area contributed by atoms with Gasteiger partial charge >= 0.3 is 5.97 Å². The number of carbonyl (C=O) groups excluding carboxylic acids is 1. The van der Waals surface area contributed by atoms with Crippen molar-refractivity contribution < 1.29 is 9.53 Å². The summed E-state index contributed by atoms with van der Waals surface area (Å²) in [6.45, 7) is 4.98. The number of esters is 1. The highest BCUT2D eigenvalue weighted by Gasteiger charge is 2.10. The number of hydrogen-bond acceptors (Lipinski definition) is 3. The summed E-state index contributed by atoms with van der Waals surface area (Å²) in [6.07, 6.45) is 9.09. The zero-order valence-electron chi connectivity index (χ0n) is 11.1. The van der Waals surface area contributed by atoms with Gasteiger partial charge in [0.2, 0.25) is 0 Å². The molecule has 0 aliphatic rings. The van der Waals surface area contributed by atoms with E-state index in [1.807, 2.05) is 6.92 Å². The molecule has 3 heteroatoms. The Hall–Kier alpha value is -0.570. The van der Waals surface area contributed by atoms with Gasteiger partial charge in [0.15, 0.2) is 0 Å². The van der Waals surface area contributed by atoms with E-state index in [-0.39, 0.29) is 12.0 Å². The Bertz CT molecular complexity index is 171. The minimum atomic E-state index is -0.178. The van der Waals surface area contributed by atoms with Crippen LogP contribution in [-0.4, -0.2) is 25.7 Å². The van der Waals surface area contributed by atoms with Gasteiger partial charge < -0.3 is 10.1 Å². The number of ether oxygens (including phenoxy) is 1. The van der Waals surface area contributed by atoms with E-state index in [2.05, 4.69) is 17.0 Å². The molecule has 0 rings (SSSR count). The first kappa shape index (κ1) is 15.4. The van der Waals surface area contributed by atoms with Crippen LogP contribution in [0.5, 0.6) is 0 Å². The third kappa shape index (κ3) is 8.72. The van der Waals surface area contributed by atoms with Crippen molar-refractivity contribution >= 4 is 5.97 Å². The Kier molecular flexibility index (Phi) is 10.5. The Balaban J connectivity index is 3.17. The van der Waals surface area contributed by atoms with Crippen molar-refractivity contribution in [1.82, 2.24) is 5.32 Å². The molecule has 0 amide bonds. The molecule has 0 radical (unpaired) electrons. The van der Waals surface area contributed by atoms with E-state index >= 15 is 0 Å². The van der Waals surface area contributed by atoms with Crippen molar-refractivity contribution in [2.75, 3.05) is 13.7 Å². The van der Waals surface area contributed by atoms with Gasteiger partial charge in [-0.2, -0.15) is 0 Å². The monoisotopic (exact) mass is 229 g/mol. The summed E-state index contributed by atoms with van der Waals surface area (Å²) < 4.78 is 4.63. The normalized spacial score (nSPS) is 12.4. The van der Waals surface area contributed by atoms with E-state index in [1.54, 1.807) is 0 Å². The molecule has 0 heterocycles. The quantitative estimate of drug-likeness (QED) is 0.462. The molecule has 0 aromatic carbocycles. The number of methoxy groups -OCH3 is 1. The highest BCUT2D eigenvalue weighted by Crippen LogP contribution is 2.06. The van der Waals surface area contributed by atoms with Crippen LogP contribution < -0.4 is 5.32 Å². The third-order valence-electron chi connectivity index (χ3n) is 2.79. The lowest BCUT2D eigenvalue weighted by atomic mass is 10.1. The zero-order valence-corrected chi connectivity index (χ0v) is 11.1. The Morgan fingerprint density at radius 2 is 1.69 bits per heavy atom. The summed E-state index contributed by atoms with van der Waals surface area (Å²) in [4.78, 5) is 11.1. The van der Waals surface area contributed by atoms with Gasteiger partial charge in [-0.05, 0) is 19.9 Å². The van der Waals surface area contributed by atoms with E-state index in [1.165, 1.54) is 45.6 Å². The summed E-state index contributed by atoms with van der Waals surface area (Å²) in [5, 5.41) is 3.16. The predicted molar refractivity (Wildman–Crippen MR) is 67.5 cm³/mol. The maximum Gasteiger partial charge on any atom is 0.322 e. The second-order valence-electron chi connectivity index (χ2n) is 4.32. The average Bonchev–Trinajstić information content (AvgIpc) is 2.31. The van der Waals surface area contributed by atoms with E-state index in [4.69, 9.17) is 0 Å². The molecule has 0 fully saturated rings. The van der Waals surface area contributed by atoms with E-state index in [0.717, 1.165) is 13.0 Å². The molecule has 96 valence electrons. The maximum absolute atomic E-state index is 11.1. The van der Waals surface area contributed by atoms with Crippen LogP contribution in [0.3, 0.4) is 0 Å². The average molecular weight is 229 g/mol. The first-order chi connectivity index (χ1) is 7.72. The maximum atomic E-state index is 11.1. The minimum absolute atomic E-state index is 0.176. The second kappa shape index (κ2) is 10.9. The van der Waals surface area contributed by atoms with Crippen LogP contribution in [0.1, 0.15) is 58.8 Å². The third-order valence-corrected chi connectivity index (χ3v) is 2.79. The van der Waals surface area contributed by atoms with E-state index < -0.39 is 0 Å². The Morgan fingerprint density at radius 1 is 1.12 bits per heavy atom. The van der Waals surface area contributed by atoms with Crippen molar-refractivity contribution in [2.45, 2.75) is 64.8 Å². The predicted octanol–water partition coefficient (Wildman–Crippen LogP) is 2.89. The lowest BCUT2D eigenvalue weighted by molar-refractivity contribution is -0.142. The van der Waals surface area contributed by atoms with Gasteiger partial charge in [-0.3, -0.25) is 4.79 Å². The van der Waals surface area contributed by atoms with Gasteiger partial charge in [0.05, 0.1) is 7.11 Å². The molecule has 3 nitrogen and oxygen atoms in total. The van der Waals surface area contributed by atoms with Gasteiger partial charge in [-0.25, -0.2) is 0 Å². The van der Waals surface area contributed by atoms with Crippen molar-refractivity contribution in [3.8, 4) is 0 Å². The molecule has 16 heavy (non-hydrogen) atoms. The van der Waals surface area contributed by atoms with Crippen molar-refractivity contribution in [2.24, 2.45) is 0 Å². The molecule has 0 aliphatic carbocycles. The molecule has 0 aromatic heterocycles. The molecular formula is C13H27NO2. The molecule has 0 saturated carbocycles. The van der Waals surface area contributed by atoms with Crippen LogP contribution in [0, 0.1) is 0 Å². The van der Waals surface area contributed by atoms with Gasteiger partial charge in [0, 0.05) is 0 Å². The second-order valence-corrected chi connectivity index (χ2v) is 4.32. The fourth-order valence-electron chi connectivity index (χ4n) is 1.66. The van der Waals surface area contributed by atoms with Crippen LogP contribution in [-0.2, 0) is 9.53 Å². The summed E-state index contributed by atoms with van der Waals surface area (Å²) in [6, 6.07) is -0.176. The first-order valence-corrected chi connectivity index (χ1v) is 6.53. The van der Waals surface area contributed by atoms with Crippen LogP contribution in [0.2, 0.25) is 0 Å². The molecule has 0 aromatic rings. The topological polar surface area (TPSA) is 38.3 Å². The molecule has 0 saturated heterocycles. The highest BCUT2D eigenvalue weighted by atomic mass is 16.5. The minimum Gasteiger partial charge on any atom is -0.468 e. The standard InChI is InChI=1S/C13H27NO2/c1-4-5-6-7-8-9-10-11-14-12(2)13(15)16-3/h12,14H,4-11H2,1-3H3. The molecule has 0 spiro atoms. The Labute approximate surface area is 99.9 Å². The summed E-state index contributed by atoms with van der Waals surface area (Å²) >= 11 is 0. The smallest absolute Gasteiger partial charge is 0.322 e. The van der Waals surface area contributed by atoms with Gasteiger partial charge in [-0.15, -0.1) is 0 Å². The number of hydrogen-bond donors (Lipinski definition) is 1. The number of nitrogens with one attached hydrogen (secondary N) is 1. The van der Waals surface area contributed by atoms with Crippen molar-refractivity contribution in [3.05, 3.63) is 0 Å². The SMILES string of the molecule is CCCCCCCCCNC(C)C(=O)OC. The van der Waals surface area contributed by atoms with Crippen molar-refractivity contribution in [3.63, 3.8) is 0 Å². The van der Waals surface area contributed by atoms with Crippen LogP contribution in [0.4, 0.5) is 0 Å².